The van der Waals surface area contributed by atoms with E-state index in [9.17, 15) is 4.39 Å². The van der Waals surface area contributed by atoms with Crippen molar-refractivity contribution in [3.8, 4) is 0 Å². The average Bonchev–Trinajstić information content (AvgIpc) is 2.30. The molecule has 1 aromatic carbocycles. The van der Waals surface area contributed by atoms with Crippen molar-refractivity contribution in [1.29, 1.82) is 0 Å². The summed E-state index contributed by atoms with van der Waals surface area (Å²) < 4.78 is 14.3. The Bertz CT molecular complexity index is 331. The van der Waals surface area contributed by atoms with Gasteiger partial charge in [-0.25, -0.2) is 4.39 Å². The number of nitrogens with one attached hydrogen (secondary N) is 2. The van der Waals surface area contributed by atoms with Gasteiger partial charge in [-0.3, -0.25) is 0 Å². The van der Waals surface area contributed by atoms with Crippen molar-refractivity contribution in [3.05, 3.63) is 28.5 Å². The molecule has 1 fully saturated rings. The molecule has 0 aromatic heterocycles. The van der Waals surface area contributed by atoms with Gasteiger partial charge in [-0.05, 0) is 59.9 Å². The minimum atomic E-state index is -0.196. The van der Waals surface area contributed by atoms with E-state index in [1.807, 2.05) is 6.07 Å². The Morgan fingerprint density at radius 2 is 2.38 bits per heavy atom. The topological polar surface area (TPSA) is 24.1 Å². The molecule has 1 aliphatic rings. The molecule has 1 saturated heterocycles. The molecule has 0 bridgehead atoms. The summed E-state index contributed by atoms with van der Waals surface area (Å²) in [6.45, 7) is 2.96. The fourth-order valence-corrected chi connectivity index (χ4v) is 2.49. The summed E-state index contributed by atoms with van der Waals surface area (Å²) in [6, 6.07) is 5.03. The molecule has 1 aliphatic heterocycles. The molecule has 0 saturated carbocycles. The summed E-state index contributed by atoms with van der Waals surface area (Å²) in [7, 11) is 0. The van der Waals surface area contributed by atoms with Crippen LogP contribution in [-0.2, 0) is 0 Å². The van der Waals surface area contributed by atoms with Gasteiger partial charge in [0.2, 0.25) is 0 Å². The number of hydrogen-bond donors (Lipinski definition) is 2. The lowest BCUT2D eigenvalue weighted by Crippen LogP contribution is -2.33. The van der Waals surface area contributed by atoms with Gasteiger partial charge in [-0.15, -0.1) is 0 Å². The van der Waals surface area contributed by atoms with Gasteiger partial charge in [0.25, 0.3) is 0 Å². The van der Waals surface area contributed by atoms with Gasteiger partial charge < -0.3 is 10.6 Å². The molecule has 0 spiro atoms. The molecule has 1 heterocycles. The van der Waals surface area contributed by atoms with Gasteiger partial charge in [0.1, 0.15) is 5.82 Å². The van der Waals surface area contributed by atoms with Gasteiger partial charge in [0.05, 0.1) is 5.69 Å². The first-order valence-electron chi connectivity index (χ1n) is 5.66. The van der Waals surface area contributed by atoms with E-state index in [0.717, 1.165) is 24.1 Å². The molecule has 88 valence electrons. The van der Waals surface area contributed by atoms with E-state index in [4.69, 9.17) is 0 Å². The number of rotatable bonds is 3. The molecule has 16 heavy (non-hydrogen) atoms. The molecule has 2 N–H and O–H groups in total. The Labute approximate surface area is 104 Å². The van der Waals surface area contributed by atoms with Crippen LogP contribution in [0, 0.1) is 11.7 Å². The van der Waals surface area contributed by atoms with Crippen LogP contribution in [0.4, 0.5) is 10.1 Å². The number of halogens is 2. The first-order chi connectivity index (χ1) is 7.77. The lowest BCUT2D eigenvalue weighted by atomic mass is 10.00. The van der Waals surface area contributed by atoms with Crippen LogP contribution in [0.5, 0.6) is 0 Å². The maximum absolute atomic E-state index is 13.5. The van der Waals surface area contributed by atoms with Crippen molar-refractivity contribution in [2.24, 2.45) is 5.92 Å². The number of piperidine rings is 1. The molecule has 1 aromatic rings. The maximum Gasteiger partial charge on any atom is 0.147 e. The summed E-state index contributed by atoms with van der Waals surface area (Å²) in [5, 5.41) is 6.54. The van der Waals surface area contributed by atoms with Crippen LogP contribution in [0.3, 0.4) is 0 Å². The minimum absolute atomic E-state index is 0.196. The number of benzene rings is 1. The Morgan fingerprint density at radius 3 is 3.06 bits per heavy atom. The van der Waals surface area contributed by atoms with Gasteiger partial charge in [0.15, 0.2) is 0 Å². The fraction of sp³-hybridized carbons (Fsp3) is 0.500. The normalized spacial score (nSPS) is 20.8. The van der Waals surface area contributed by atoms with Gasteiger partial charge >= 0.3 is 0 Å². The predicted molar refractivity (Wildman–Crippen MR) is 68.2 cm³/mol. The predicted octanol–water partition coefficient (Wildman–Crippen LogP) is 3.00. The van der Waals surface area contributed by atoms with Gasteiger partial charge in [-0.1, -0.05) is 6.07 Å². The van der Waals surface area contributed by atoms with Crippen LogP contribution >= 0.6 is 15.9 Å². The Kier molecular flexibility index (Phi) is 4.18. The van der Waals surface area contributed by atoms with Crippen LogP contribution in [0.2, 0.25) is 0 Å². The lowest BCUT2D eigenvalue weighted by molar-refractivity contribution is 0.392. The van der Waals surface area contributed by atoms with Crippen LogP contribution in [-0.4, -0.2) is 19.6 Å². The zero-order chi connectivity index (χ0) is 11.4. The molecule has 0 aliphatic carbocycles. The summed E-state index contributed by atoms with van der Waals surface area (Å²) in [5.74, 6) is 0.401. The monoisotopic (exact) mass is 286 g/mol. The highest BCUT2D eigenvalue weighted by Gasteiger charge is 2.14. The van der Waals surface area contributed by atoms with Gasteiger partial charge in [0, 0.05) is 11.0 Å². The summed E-state index contributed by atoms with van der Waals surface area (Å²) in [4.78, 5) is 0. The summed E-state index contributed by atoms with van der Waals surface area (Å²) >= 11 is 3.35. The second-order valence-electron chi connectivity index (χ2n) is 4.19. The van der Waals surface area contributed by atoms with Gasteiger partial charge in [-0.2, -0.15) is 0 Å². The molecule has 2 nitrogen and oxygen atoms in total. The van der Waals surface area contributed by atoms with Crippen LogP contribution < -0.4 is 10.6 Å². The molecular formula is C12H16BrFN2. The van der Waals surface area contributed by atoms with Crippen molar-refractivity contribution in [1.82, 2.24) is 5.32 Å². The number of hydrogen-bond acceptors (Lipinski definition) is 2. The average molecular weight is 287 g/mol. The first kappa shape index (κ1) is 11.9. The van der Waals surface area contributed by atoms with E-state index in [0.29, 0.717) is 11.6 Å². The minimum Gasteiger partial charge on any atom is -0.381 e. The third-order valence-corrected chi connectivity index (χ3v) is 3.59. The number of para-hydroxylation sites is 1. The molecule has 4 heteroatoms. The van der Waals surface area contributed by atoms with E-state index in [-0.39, 0.29) is 5.82 Å². The zero-order valence-corrected chi connectivity index (χ0v) is 10.7. The smallest absolute Gasteiger partial charge is 0.147 e. The highest BCUT2D eigenvalue weighted by atomic mass is 79.9. The van der Waals surface area contributed by atoms with Crippen molar-refractivity contribution in [2.75, 3.05) is 25.0 Å². The molecular weight excluding hydrogens is 271 g/mol. The molecule has 0 amide bonds. The maximum atomic E-state index is 13.5. The Hall–Kier alpha value is -0.610. The second kappa shape index (κ2) is 5.64. The second-order valence-corrected chi connectivity index (χ2v) is 5.04. The Balaban J connectivity index is 1.93. The van der Waals surface area contributed by atoms with E-state index in [2.05, 4.69) is 26.6 Å². The molecule has 0 radical (unpaired) electrons. The summed E-state index contributed by atoms with van der Waals surface area (Å²) in [5.41, 5.74) is 0.577. The van der Waals surface area contributed by atoms with E-state index in [1.54, 1.807) is 6.07 Å². The third-order valence-electron chi connectivity index (χ3n) is 2.93. The third kappa shape index (κ3) is 2.95. The first-order valence-corrected chi connectivity index (χ1v) is 6.45. The standard InChI is InChI=1S/C12H16BrFN2/c13-10-4-1-5-11(14)12(10)16-8-9-3-2-6-15-7-9/h1,4-5,9,15-16H,2-3,6-8H2. The van der Waals surface area contributed by atoms with Crippen molar-refractivity contribution >= 4 is 21.6 Å². The SMILES string of the molecule is Fc1cccc(Br)c1NCC1CCCNC1. The van der Waals surface area contributed by atoms with Crippen LogP contribution in [0.25, 0.3) is 0 Å². The van der Waals surface area contributed by atoms with E-state index >= 15 is 0 Å². The highest BCUT2D eigenvalue weighted by molar-refractivity contribution is 9.10. The van der Waals surface area contributed by atoms with Crippen LogP contribution in [0.15, 0.2) is 22.7 Å². The highest BCUT2D eigenvalue weighted by Crippen LogP contribution is 2.25. The molecule has 2 rings (SSSR count). The zero-order valence-electron chi connectivity index (χ0n) is 9.10. The van der Waals surface area contributed by atoms with E-state index < -0.39 is 0 Å². The van der Waals surface area contributed by atoms with Crippen molar-refractivity contribution in [3.63, 3.8) is 0 Å². The fourth-order valence-electron chi connectivity index (χ4n) is 2.01. The Morgan fingerprint density at radius 1 is 1.50 bits per heavy atom. The van der Waals surface area contributed by atoms with E-state index in [1.165, 1.54) is 18.9 Å². The number of anilines is 1. The van der Waals surface area contributed by atoms with Crippen LogP contribution in [0.1, 0.15) is 12.8 Å². The largest absolute Gasteiger partial charge is 0.381 e. The quantitative estimate of drug-likeness (QED) is 0.893. The summed E-state index contributed by atoms with van der Waals surface area (Å²) in [6.07, 6.45) is 2.43. The van der Waals surface area contributed by atoms with Crippen molar-refractivity contribution < 1.29 is 4.39 Å². The molecule has 1 atom stereocenters. The molecule has 1 unspecified atom stereocenters. The lowest BCUT2D eigenvalue weighted by Gasteiger charge is -2.23. The van der Waals surface area contributed by atoms with Crippen molar-refractivity contribution in [2.45, 2.75) is 12.8 Å².